The lowest BCUT2D eigenvalue weighted by atomic mass is 10.2. The molecule has 0 saturated heterocycles. The number of halogens is 1. The van der Waals surface area contributed by atoms with Gasteiger partial charge in [0.25, 0.3) is 0 Å². The van der Waals surface area contributed by atoms with Crippen molar-refractivity contribution >= 4 is 23.7 Å². The predicted molar refractivity (Wildman–Crippen MR) is 111 cm³/mol. The van der Waals surface area contributed by atoms with Crippen LogP contribution in [0.2, 0.25) is 5.02 Å². The van der Waals surface area contributed by atoms with E-state index >= 15 is 0 Å². The number of rotatable bonds is 10. The van der Waals surface area contributed by atoms with Gasteiger partial charge in [0.2, 0.25) is 5.91 Å². The smallest absolute Gasteiger partial charge is 0.236 e. The van der Waals surface area contributed by atoms with Gasteiger partial charge in [-0.05, 0) is 43.2 Å². The summed E-state index contributed by atoms with van der Waals surface area (Å²) in [7, 11) is 0. The van der Waals surface area contributed by atoms with E-state index < -0.39 is 0 Å². The SMILES string of the molecule is CCOc1cc(C=NNC(C)=O)cc(Cl)c1OCCCOc1ccccc1C. The molecule has 0 bridgehead atoms. The molecule has 0 aliphatic carbocycles. The average molecular weight is 405 g/mol. The summed E-state index contributed by atoms with van der Waals surface area (Å²) in [4.78, 5) is 10.9. The number of amides is 1. The van der Waals surface area contributed by atoms with Crippen molar-refractivity contribution < 1.29 is 19.0 Å². The number of para-hydroxylation sites is 1. The molecule has 6 nitrogen and oxygen atoms in total. The molecule has 7 heteroatoms. The van der Waals surface area contributed by atoms with Crippen molar-refractivity contribution in [3.05, 3.63) is 52.5 Å². The maximum atomic E-state index is 10.9. The third kappa shape index (κ3) is 6.78. The molecular weight excluding hydrogens is 380 g/mol. The zero-order chi connectivity index (χ0) is 20.4. The van der Waals surface area contributed by atoms with E-state index in [2.05, 4.69) is 10.5 Å². The fourth-order valence-electron chi connectivity index (χ4n) is 2.40. The minimum atomic E-state index is -0.250. The second-order valence-corrected chi connectivity index (χ2v) is 6.41. The first kappa shape index (κ1) is 21.6. The predicted octanol–water partition coefficient (Wildman–Crippen LogP) is 4.37. The van der Waals surface area contributed by atoms with E-state index in [9.17, 15) is 4.79 Å². The molecule has 2 aromatic rings. The molecule has 1 amide bonds. The number of carbonyl (C=O) groups excluding carboxylic acids is 1. The van der Waals surface area contributed by atoms with Gasteiger partial charge in [-0.1, -0.05) is 29.8 Å². The van der Waals surface area contributed by atoms with Gasteiger partial charge in [-0.15, -0.1) is 0 Å². The van der Waals surface area contributed by atoms with E-state index in [1.54, 1.807) is 12.1 Å². The molecule has 0 aliphatic heterocycles. The molecule has 0 fully saturated rings. The van der Waals surface area contributed by atoms with Crippen LogP contribution in [0.4, 0.5) is 0 Å². The molecule has 2 rings (SSSR count). The summed E-state index contributed by atoms with van der Waals surface area (Å²) in [6.45, 7) is 6.71. The Labute approximate surface area is 170 Å². The molecule has 150 valence electrons. The summed E-state index contributed by atoms with van der Waals surface area (Å²) in [6, 6.07) is 11.4. The summed E-state index contributed by atoms with van der Waals surface area (Å²) in [5, 5.41) is 4.25. The molecule has 0 saturated carbocycles. The first-order valence-corrected chi connectivity index (χ1v) is 9.46. The number of hydrogen-bond acceptors (Lipinski definition) is 5. The van der Waals surface area contributed by atoms with Crippen LogP contribution in [-0.4, -0.2) is 31.9 Å². The van der Waals surface area contributed by atoms with Crippen LogP contribution in [0, 0.1) is 6.92 Å². The van der Waals surface area contributed by atoms with Crippen LogP contribution in [0.1, 0.15) is 31.4 Å². The van der Waals surface area contributed by atoms with Crippen molar-refractivity contribution in [3.8, 4) is 17.2 Å². The van der Waals surface area contributed by atoms with Gasteiger partial charge in [-0.2, -0.15) is 5.10 Å². The van der Waals surface area contributed by atoms with Crippen molar-refractivity contribution in [2.75, 3.05) is 19.8 Å². The zero-order valence-corrected chi connectivity index (χ0v) is 17.1. The lowest BCUT2D eigenvalue weighted by Gasteiger charge is -2.15. The fourth-order valence-corrected chi connectivity index (χ4v) is 2.67. The largest absolute Gasteiger partial charge is 0.493 e. The van der Waals surface area contributed by atoms with Crippen LogP contribution < -0.4 is 19.6 Å². The van der Waals surface area contributed by atoms with Gasteiger partial charge in [0.1, 0.15) is 5.75 Å². The average Bonchev–Trinajstić information content (AvgIpc) is 2.64. The van der Waals surface area contributed by atoms with Crippen molar-refractivity contribution in [2.45, 2.75) is 27.2 Å². The summed E-state index contributed by atoms with van der Waals surface area (Å²) in [6.07, 6.45) is 2.19. The van der Waals surface area contributed by atoms with E-state index in [0.29, 0.717) is 48.3 Å². The van der Waals surface area contributed by atoms with Gasteiger partial charge >= 0.3 is 0 Å². The maximum Gasteiger partial charge on any atom is 0.236 e. The Morgan fingerprint density at radius 1 is 1.14 bits per heavy atom. The molecule has 2 aromatic carbocycles. The van der Waals surface area contributed by atoms with Crippen molar-refractivity contribution in [2.24, 2.45) is 5.10 Å². The van der Waals surface area contributed by atoms with Crippen LogP contribution in [-0.2, 0) is 4.79 Å². The monoisotopic (exact) mass is 404 g/mol. The number of carbonyl (C=O) groups is 1. The van der Waals surface area contributed by atoms with E-state index in [1.165, 1.54) is 13.1 Å². The molecule has 1 N–H and O–H groups in total. The fraction of sp³-hybridized carbons (Fsp3) is 0.333. The van der Waals surface area contributed by atoms with Crippen LogP contribution in [0.5, 0.6) is 17.2 Å². The van der Waals surface area contributed by atoms with Crippen LogP contribution in [0.3, 0.4) is 0 Å². The standard InChI is InChI=1S/C21H25ClN2O4/c1-4-26-20-13-17(14-23-24-16(3)25)12-18(22)21(20)28-11-7-10-27-19-9-6-5-8-15(19)2/h5-6,8-9,12-14H,4,7,10-11H2,1-3H3,(H,24,25). The van der Waals surface area contributed by atoms with Crippen LogP contribution in [0.15, 0.2) is 41.5 Å². The Balaban J connectivity index is 1.95. The molecule has 0 unspecified atom stereocenters. The summed E-state index contributed by atoms with van der Waals surface area (Å²) >= 11 is 6.36. The van der Waals surface area contributed by atoms with Gasteiger partial charge in [-0.25, -0.2) is 5.43 Å². The topological polar surface area (TPSA) is 69.2 Å². The highest BCUT2D eigenvalue weighted by atomic mass is 35.5. The van der Waals surface area contributed by atoms with E-state index in [-0.39, 0.29) is 5.91 Å². The van der Waals surface area contributed by atoms with Crippen LogP contribution >= 0.6 is 11.6 Å². The number of hydrazone groups is 1. The molecule has 28 heavy (non-hydrogen) atoms. The van der Waals surface area contributed by atoms with E-state index in [4.69, 9.17) is 25.8 Å². The molecule has 0 atom stereocenters. The van der Waals surface area contributed by atoms with Gasteiger partial charge in [-0.3, -0.25) is 4.79 Å². The second-order valence-electron chi connectivity index (χ2n) is 6.01. The normalized spacial score (nSPS) is 10.7. The third-order valence-corrected chi connectivity index (χ3v) is 3.93. The summed E-state index contributed by atoms with van der Waals surface area (Å²) < 4.78 is 17.2. The highest BCUT2D eigenvalue weighted by molar-refractivity contribution is 6.32. The van der Waals surface area contributed by atoms with Crippen molar-refractivity contribution in [3.63, 3.8) is 0 Å². The number of benzene rings is 2. The second kappa shape index (κ2) is 11.2. The molecule has 0 radical (unpaired) electrons. The van der Waals surface area contributed by atoms with Gasteiger partial charge in [0, 0.05) is 13.3 Å². The molecule has 0 spiro atoms. The third-order valence-electron chi connectivity index (χ3n) is 3.65. The number of aryl methyl sites for hydroxylation is 1. The molecular formula is C21H25ClN2O4. The first-order chi connectivity index (χ1) is 13.5. The quantitative estimate of drug-likeness (QED) is 0.363. The molecule has 0 heterocycles. The minimum absolute atomic E-state index is 0.250. The number of ether oxygens (including phenoxy) is 3. The Bertz CT molecular complexity index is 824. The lowest BCUT2D eigenvalue weighted by Crippen LogP contribution is -2.12. The maximum absolute atomic E-state index is 10.9. The number of nitrogens with one attached hydrogen (secondary N) is 1. The van der Waals surface area contributed by atoms with E-state index in [1.807, 2.05) is 38.1 Å². The Morgan fingerprint density at radius 3 is 2.61 bits per heavy atom. The van der Waals surface area contributed by atoms with Gasteiger partial charge < -0.3 is 14.2 Å². The highest BCUT2D eigenvalue weighted by Crippen LogP contribution is 2.36. The number of nitrogens with zero attached hydrogens (tertiary/aromatic N) is 1. The molecule has 0 aromatic heterocycles. The zero-order valence-electron chi connectivity index (χ0n) is 16.3. The van der Waals surface area contributed by atoms with Gasteiger partial charge in [0.05, 0.1) is 31.1 Å². The highest BCUT2D eigenvalue weighted by Gasteiger charge is 2.12. The lowest BCUT2D eigenvalue weighted by molar-refractivity contribution is -0.118. The van der Waals surface area contributed by atoms with Crippen LogP contribution in [0.25, 0.3) is 0 Å². The van der Waals surface area contributed by atoms with Crippen molar-refractivity contribution in [1.29, 1.82) is 0 Å². The summed E-state index contributed by atoms with van der Waals surface area (Å²) in [5.74, 6) is 1.63. The Morgan fingerprint density at radius 2 is 1.89 bits per heavy atom. The first-order valence-electron chi connectivity index (χ1n) is 9.08. The Hall–Kier alpha value is -2.73. The van der Waals surface area contributed by atoms with Crippen molar-refractivity contribution in [1.82, 2.24) is 5.43 Å². The van der Waals surface area contributed by atoms with E-state index in [0.717, 1.165) is 11.3 Å². The molecule has 0 aliphatic rings. The van der Waals surface area contributed by atoms with Gasteiger partial charge in [0.15, 0.2) is 11.5 Å². The Kier molecular flexibility index (Phi) is 8.62. The minimum Gasteiger partial charge on any atom is -0.493 e. The number of hydrogen-bond donors (Lipinski definition) is 1. The summed E-state index contributed by atoms with van der Waals surface area (Å²) in [5.41, 5.74) is 4.14.